The first-order chi connectivity index (χ1) is 16.0. The normalized spacial score (nSPS) is 15.8. The summed E-state index contributed by atoms with van der Waals surface area (Å²) < 4.78 is 66.3. The van der Waals surface area contributed by atoms with Gasteiger partial charge in [-0.05, 0) is 35.9 Å². The monoisotopic (exact) mass is 514 g/mol. The van der Waals surface area contributed by atoms with E-state index in [2.05, 4.69) is 14.6 Å². The number of carbonyl (C=O) groups excluding carboxylic acids is 1. The van der Waals surface area contributed by atoms with Crippen molar-refractivity contribution < 1.29 is 30.8 Å². The van der Waals surface area contributed by atoms with Gasteiger partial charge in [0.2, 0.25) is 5.89 Å². The lowest BCUT2D eigenvalue weighted by Crippen LogP contribution is -2.49. The number of carbonyl (C=O) groups is 1. The molecule has 2 heterocycles. The van der Waals surface area contributed by atoms with Gasteiger partial charge in [0, 0.05) is 29.4 Å². The summed E-state index contributed by atoms with van der Waals surface area (Å²) in [5.41, 5.74) is 1.47. The highest BCUT2D eigenvalue weighted by Gasteiger charge is 2.38. The van der Waals surface area contributed by atoms with E-state index in [-0.39, 0.29) is 48.6 Å². The number of benzene rings is 2. The molecule has 0 radical (unpaired) electrons. The molecule has 34 heavy (non-hydrogen) atoms. The maximum Gasteiger partial charge on any atom is 0.470 e. The minimum Gasteiger partial charge on any atom is -0.413 e. The highest BCUT2D eigenvalue weighted by molar-refractivity contribution is 7.91. The molecule has 1 aliphatic rings. The molecule has 8 nitrogen and oxygen atoms in total. The minimum atomic E-state index is -4.74. The number of hydrogen-bond acceptors (Lipinski definition) is 6. The second-order valence-corrected chi connectivity index (χ2v) is 10.3. The van der Waals surface area contributed by atoms with Crippen molar-refractivity contribution >= 4 is 33.2 Å². The summed E-state index contributed by atoms with van der Waals surface area (Å²) in [6.07, 6.45) is -4.74. The Morgan fingerprint density at radius 3 is 2.35 bits per heavy atom. The number of anilines is 1. The van der Waals surface area contributed by atoms with E-state index in [9.17, 15) is 26.4 Å². The predicted molar refractivity (Wildman–Crippen MR) is 118 cm³/mol. The standard InChI is InChI=1S/C21H18ClF3N4O4S/c22-16-2-1-3-17(12-16)29(20(30)28-8-10-34(31,32)11-9-28)13-14-4-6-15(7-5-14)18-26-27-19(33-18)21(23,24)25/h1-7,12H,8-11,13H2. The molecule has 0 unspecified atom stereocenters. The fraction of sp³-hybridized carbons (Fsp3) is 0.286. The van der Waals surface area contributed by atoms with Crippen LogP contribution in [-0.4, -0.2) is 54.1 Å². The number of halogens is 4. The third-order valence-corrected chi connectivity index (χ3v) is 7.02. The van der Waals surface area contributed by atoms with Gasteiger partial charge >= 0.3 is 18.1 Å². The lowest BCUT2D eigenvalue weighted by atomic mass is 10.1. The van der Waals surface area contributed by atoms with Gasteiger partial charge in [0.15, 0.2) is 9.84 Å². The van der Waals surface area contributed by atoms with Gasteiger partial charge in [-0.2, -0.15) is 13.2 Å². The molecule has 2 aromatic carbocycles. The molecule has 3 aromatic rings. The molecule has 0 aliphatic carbocycles. The van der Waals surface area contributed by atoms with Crippen molar-refractivity contribution in [3.63, 3.8) is 0 Å². The van der Waals surface area contributed by atoms with Crippen molar-refractivity contribution in [2.24, 2.45) is 0 Å². The second-order valence-electron chi connectivity index (χ2n) is 7.59. The van der Waals surface area contributed by atoms with Crippen LogP contribution in [0.2, 0.25) is 5.02 Å². The maximum absolute atomic E-state index is 13.3. The van der Waals surface area contributed by atoms with Crippen LogP contribution < -0.4 is 4.90 Å². The van der Waals surface area contributed by atoms with Gasteiger partial charge in [-0.25, -0.2) is 13.2 Å². The Labute approximate surface area is 197 Å². The fourth-order valence-electron chi connectivity index (χ4n) is 3.38. The summed E-state index contributed by atoms with van der Waals surface area (Å²) >= 11 is 6.11. The fourth-order valence-corrected chi connectivity index (χ4v) is 4.76. The Hall–Kier alpha value is -3.12. The van der Waals surface area contributed by atoms with Crippen LogP contribution >= 0.6 is 11.6 Å². The highest BCUT2D eigenvalue weighted by atomic mass is 35.5. The highest BCUT2D eigenvalue weighted by Crippen LogP contribution is 2.30. The van der Waals surface area contributed by atoms with Crippen molar-refractivity contribution in [3.8, 4) is 11.5 Å². The SMILES string of the molecule is O=C(N1CCS(=O)(=O)CC1)N(Cc1ccc(-c2nnc(C(F)(F)F)o2)cc1)c1cccc(Cl)c1. The molecular weight excluding hydrogens is 497 g/mol. The van der Waals surface area contributed by atoms with Crippen molar-refractivity contribution in [1.29, 1.82) is 0 Å². The Morgan fingerprint density at radius 1 is 1.09 bits per heavy atom. The molecule has 2 amide bonds. The van der Waals surface area contributed by atoms with E-state index in [0.717, 1.165) is 0 Å². The van der Waals surface area contributed by atoms with Gasteiger partial charge in [0.1, 0.15) is 0 Å². The number of nitrogens with zero attached hydrogens (tertiary/aromatic N) is 4. The number of rotatable bonds is 4. The lowest BCUT2D eigenvalue weighted by molar-refractivity contribution is -0.156. The van der Waals surface area contributed by atoms with Crippen LogP contribution in [0.3, 0.4) is 0 Å². The number of amides is 2. The minimum absolute atomic E-state index is 0.0792. The van der Waals surface area contributed by atoms with Crippen LogP contribution in [0.1, 0.15) is 11.5 Å². The van der Waals surface area contributed by atoms with Crippen LogP contribution in [0, 0.1) is 0 Å². The van der Waals surface area contributed by atoms with E-state index in [4.69, 9.17) is 11.6 Å². The Balaban J connectivity index is 1.56. The molecule has 4 rings (SSSR count). The Kier molecular flexibility index (Phi) is 6.54. The average molecular weight is 515 g/mol. The summed E-state index contributed by atoms with van der Waals surface area (Å²) in [7, 11) is -3.17. The van der Waals surface area contributed by atoms with E-state index < -0.39 is 21.9 Å². The summed E-state index contributed by atoms with van der Waals surface area (Å²) in [5.74, 6) is -1.94. The topological polar surface area (TPSA) is 96.6 Å². The van der Waals surface area contributed by atoms with Gasteiger partial charge in [-0.3, -0.25) is 4.90 Å². The van der Waals surface area contributed by atoms with Crippen molar-refractivity contribution in [3.05, 3.63) is 65.0 Å². The quantitative estimate of drug-likeness (QED) is 0.516. The Morgan fingerprint density at radius 2 is 1.76 bits per heavy atom. The third kappa shape index (κ3) is 5.50. The molecule has 1 fully saturated rings. The largest absolute Gasteiger partial charge is 0.470 e. The first-order valence-electron chi connectivity index (χ1n) is 10.0. The van der Waals surface area contributed by atoms with Crippen LogP contribution in [0.25, 0.3) is 11.5 Å². The van der Waals surface area contributed by atoms with Gasteiger partial charge in [-0.1, -0.05) is 29.8 Å². The van der Waals surface area contributed by atoms with E-state index in [0.29, 0.717) is 16.3 Å². The molecule has 0 atom stereocenters. The summed E-state index contributed by atoms with van der Waals surface area (Å²) in [4.78, 5) is 16.2. The molecule has 1 aliphatic heterocycles. The molecule has 0 saturated carbocycles. The van der Waals surface area contributed by atoms with Crippen LogP contribution in [0.4, 0.5) is 23.7 Å². The number of hydrogen-bond donors (Lipinski definition) is 0. The second kappa shape index (κ2) is 9.26. The van der Waals surface area contributed by atoms with Crippen molar-refractivity contribution in [2.45, 2.75) is 12.7 Å². The molecule has 180 valence electrons. The van der Waals surface area contributed by atoms with Gasteiger partial charge in [0.05, 0.1) is 18.1 Å². The average Bonchev–Trinajstić information content (AvgIpc) is 3.28. The maximum atomic E-state index is 13.3. The molecule has 0 spiro atoms. The number of sulfone groups is 1. The summed E-state index contributed by atoms with van der Waals surface area (Å²) in [6.45, 7) is 0.270. The van der Waals surface area contributed by atoms with E-state index in [1.54, 1.807) is 36.4 Å². The van der Waals surface area contributed by atoms with E-state index >= 15 is 0 Å². The van der Waals surface area contributed by atoms with Gasteiger partial charge < -0.3 is 9.32 Å². The van der Waals surface area contributed by atoms with E-state index in [1.165, 1.54) is 21.9 Å². The van der Waals surface area contributed by atoms with Crippen molar-refractivity contribution in [2.75, 3.05) is 29.5 Å². The number of alkyl halides is 3. The van der Waals surface area contributed by atoms with E-state index in [1.807, 2.05) is 0 Å². The molecule has 0 N–H and O–H groups in total. The first-order valence-corrected chi connectivity index (χ1v) is 12.2. The van der Waals surface area contributed by atoms with Crippen molar-refractivity contribution in [1.82, 2.24) is 15.1 Å². The zero-order valence-corrected chi connectivity index (χ0v) is 19.1. The molecular formula is C21H18ClF3N4O4S. The van der Waals surface area contributed by atoms with Crippen LogP contribution in [0.15, 0.2) is 52.9 Å². The third-order valence-electron chi connectivity index (χ3n) is 5.17. The summed E-state index contributed by atoms with van der Waals surface area (Å²) in [5, 5.41) is 6.86. The summed E-state index contributed by atoms with van der Waals surface area (Å²) in [6, 6.07) is 12.6. The molecule has 13 heteroatoms. The van der Waals surface area contributed by atoms with Crippen LogP contribution in [0.5, 0.6) is 0 Å². The molecule has 1 aromatic heterocycles. The zero-order valence-electron chi connectivity index (χ0n) is 17.5. The zero-order chi connectivity index (χ0) is 24.5. The molecule has 0 bridgehead atoms. The first kappa shape index (κ1) is 24.0. The number of urea groups is 1. The van der Waals surface area contributed by atoms with Gasteiger partial charge in [0.25, 0.3) is 0 Å². The number of aromatic nitrogens is 2. The smallest absolute Gasteiger partial charge is 0.413 e. The lowest BCUT2D eigenvalue weighted by Gasteiger charge is -2.33. The Bertz CT molecular complexity index is 1280. The molecule has 1 saturated heterocycles. The predicted octanol–water partition coefficient (Wildman–Crippen LogP) is 4.27. The van der Waals surface area contributed by atoms with Gasteiger partial charge in [-0.15, -0.1) is 10.2 Å². The van der Waals surface area contributed by atoms with Crippen LogP contribution in [-0.2, 0) is 22.6 Å².